The van der Waals surface area contributed by atoms with Gasteiger partial charge in [0.05, 0.1) is 28.6 Å². The van der Waals surface area contributed by atoms with E-state index in [2.05, 4.69) is 17.2 Å². The molecule has 0 saturated heterocycles. The van der Waals surface area contributed by atoms with E-state index in [0.29, 0.717) is 17.4 Å². The molecule has 0 bridgehead atoms. The summed E-state index contributed by atoms with van der Waals surface area (Å²) in [5.74, 6) is -0.194. The van der Waals surface area contributed by atoms with E-state index in [1.807, 2.05) is 85.1 Å². The third-order valence-corrected chi connectivity index (χ3v) is 6.46. The van der Waals surface area contributed by atoms with Crippen LogP contribution in [0.3, 0.4) is 0 Å². The molecule has 3 aromatic carbocycles. The number of thiazole rings is 1. The lowest BCUT2D eigenvalue weighted by Crippen LogP contribution is -2.23. The van der Waals surface area contributed by atoms with Gasteiger partial charge in [-0.2, -0.15) is 0 Å². The standard InChI is InChI=1S/C27H23N5OS/c1-2-20-12-15-23(16-13-20)32(27-28-24-10-6-7-11-25(24)34-27)26(33)17-14-22-19-31(30-29-22)18-21-8-4-3-5-9-21/h3-17,19H,2,18H2,1H3/b17-14+. The monoisotopic (exact) mass is 465 g/mol. The summed E-state index contributed by atoms with van der Waals surface area (Å²) in [5.41, 5.74) is 4.62. The summed E-state index contributed by atoms with van der Waals surface area (Å²) in [5, 5.41) is 9.00. The molecule has 5 rings (SSSR count). The number of hydrogen-bond acceptors (Lipinski definition) is 5. The molecule has 5 aromatic rings. The van der Waals surface area contributed by atoms with Gasteiger partial charge in [0, 0.05) is 6.08 Å². The van der Waals surface area contributed by atoms with E-state index in [9.17, 15) is 4.79 Å². The van der Waals surface area contributed by atoms with E-state index >= 15 is 0 Å². The van der Waals surface area contributed by atoms with Crippen molar-refractivity contribution < 1.29 is 4.79 Å². The van der Waals surface area contributed by atoms with Crippen molar-refractivity contribution in [1.29, 1.82) is 0 Å². The van der Waals surface area contributed by atoms with Crippen molar-refractivity contribution in [2.45, 2.75) is 19.9 Å². The van der Waals surface area contributed by atoms with Crippen LogP contribution >= 0.6 is 11.3 Å². The lowest BCUT2D eigenvalue weighted by Gasteiger charge is -2.18. The Bertz CT molecular complexity index is 1400. The summed E-state index contributed by atoms with van der Waals surface area (Å²) in [6.45, 7) is 2.73. The van der Waals surface area contributed by atoms with Gasteiger partial charge in [-0.05, 0) is 47.9 Å². The number of carbonyl (C=O) groups excluding carboxylic acids is 1. The zero-order valence-corrected chi connectivity index (χ0v) is 19.5. The molecule has 6 nitrogen and oxygen atoms in total. The Morgan fingerprint density at radius 2 is 1.74 bits per heavy atom. The number of rotatable bonds is 7. The van der Waals surface area contributed by atoms with E-state index in [0.717, 1.165) is 27.9 Å². The molecule has 1 amide bonds. The highest BCUT2D eigenvalue weighted by Gasteiger charge is 2.20. The second-order valence-electron chi connectivity index (χ2n) is 7.82. The minimum absolute atomic E-state index is 0.194. The van der Waals surface area contributed by atoms with E-state index in [4.69, 9.17) is 4.98 Å². The highest BCUT2D eigenvalue weighted by atomic mass is 32.1. The number of carbonyl (C=O) groups is 1. The summed E-state index contributed by atoms with van der Waals surface area (Å²) >= 11 is 1.49. The van der Waals surface area contributed by atoms with Crippen LogP contribution in [0.4, 0.5) is 10.8 Å². The molecule has 168 valence electrons. The third kappa shape index (κ3) is 4.79. The van der Waals surface area contributed by atoms with Crippen molar-refractivity contribution in [3.63, 3.8) is 0 Å². The Morgan fingerprint density at radius 3 is 2.50 bits per heavy atom. The van der Waals surface area contributed by atoms with Crippen LogP contribution in [0.2, 0.25) is 0 Å². The Morgan fingerprint density at radius 1 is 0.971 bits per heavy atom. The van der Waals surface area contributed by atoms with Crippen molar-refractivity contribution >= 4 is 44.4 Å². The Kier molecular flexibility index (Phi) is 6.27. The van der Waals surface area contributed by atoms with Gasteiger partial charge in [0.2, 0.25) is 0 Å². The lowest BCUT2D eigenvalue weighted by atomic mass is 10.1. The molecule has 0 spiro atoms. The van der Waals surface area contributed by atoms with E-state index < -0.39 is 0 Å². The van der Waals surface area contributed by atoms with Gasteiger partial charge in [0.25, 0.3) is 5.91 Å². The molecule has 0 radical (unpaired) electrons. The topological polar surface area (TPSA) is 63.9 Å². The SMILES string of the molecule is CCc1ccc(N(C(=O)/C=C/c2cn(Cc3ccccc3)nn2)c2nc3ccccc3s2)cc1. The molecule has 0 N–H and O–H groups in total. The first-order valence-electron chi connectivity index (χ1n) is 11.1. The largest absolute Gasteiger partial charge is 0.269 e. The molecular weight excluding hydrogens is 442 g/mol. The molecule has 0 saturated carbocycles. The number of benzene rings is 3. The van der Waals surface area contributed by atoms with Crippen LogP contribution in [-0.4, -0.2) is 25.9 Å². The van der Waals surface area contributed by atoms with Crippen LogP contribution < -0.4 is 4.90 Å². The third-order valence-electron chi connectivity index (χ3n) is 5.44. The van der Waals surface area contributed by atoms with E-state index in [-0.39, 0.29) is 5.91 Å². The van der Waals surface area contributed by atoms with Gasteiger partial charge < -0.3 is 0 Å². The number of amides is 1. The quantitative estimate of drug-likeness (QED) is 0.282. The zero-order valence-electron chi connectivity index (χ0n) is 18.7. The van der Waals surface area contributed by atoms with Gasteiger partial charge in [-0.25, -0.2) is 9.67 Å². The second kappa shape index (κ2) is 9.80. The summed E-state index contributed by atoms with van der Waals surface area (Å²) in [6.07, 6.45) is 5.98. The fourth-order valence-corrected chi connectivity index (χ4v) is 4.63. The van der Waals surface area contributed by atoms with Gasteiger partial charge in [-0.3, -0.25) is 9.69 Å². The van der Waals surface area contributed by atoms with Crippen molar-refractivity contribution in [2.75, 3.05) is 4.90 Å². The Hall–Kier alpha value is -4.10. The van der Waals surface area contributed by atoms with E-state index in [1.165, 1.54) is 23.0 Å². The molecule has 0 aliphatic carbocycles. The Labute approximate surface area is 201 Å². The van der Waals surface area contributed by atoms with Gasteiger partial charge >= 0.3 is 0 Å². The molecular formula is C27H23N5OS. The fourth-order valence-electron chi connectivity index (χ4n) is 3.64. The minimum Gasteiger partial charge on any atom is -0.269 e. The first-order valence-corrected chi connectivity index (χ1v) is 11.9. The van der Waals surface area contributed by atoms with Crippen LogP contribution in [0.5, 0.6) is 0 Å². The van der Waals surface area contributed by atoms with Crippen LogP contribution in [0, 0.1) is 0 Å². The molecule has 0 aliphatic rings. The maximum absolute atomic E-state index is 13.4. The predicted octanol–water partition coefficient (Wildman–Crippen LogP) is 5.88. The zero-order chi connectivity index (χ0) is 23.3. The summed E-state index contributed by atoms with van der Waals surface area (Å²) in [7, 11) is 0. The average molecular weight is 466 g/mol. The van der Waals surface area contributed by atoms with Crippen molar-refractivity contribution in [3.05, 3.63) is 108 Å². The lowest BCUT2D eigenvalue weighted by molar-refractivity contribution is -0.113. The van der Waals surface area contributed by atoms with Crippen LogP contribution in [0.15, 0.2) is 91.1 Å². The molecule has 2 heterocycles. The maximum atomic E-state index is 13.4. The normalized spacial score (nSPS) is 11.3. The number of hydrogen-bond donors (Lipinski definition) is 0. The predicted molar refractivity (Wildman–Crippen MR) is 137 cm³/mol. The Balaban J connectivity index is 1.41. The molecule has 2 aromatic heterocycles. The van der Waals surface area contributed by atoms with Gasteiger partial charge in [0.1, 0.15) is 5.69 Å². The minimum atomic E-state index is -0.194. The fraction of sp³-hybridized carbons (Fsp3) is 0.111. The molecule has 0 unspecified atom stereocenters. The van der Waals surface area contributed by atoms with E-state index in [1.54, 1.807) is 15.7 Å². The number of fused-ring (bicyclic) bond motifs is 1. The number of aryl methyl sites for hydroxylation is 1. The molecule has 0 aliphatic heterocycles. The van der Waals surface area contributed by atoms with Gasteiger partial charge in [-0.1, -0.05) is 78.1 Å². The molecule has 0 fully saturated rings. The smallest absolute Gasteiger partial charge is 0.257 e. The first kappa shape index (κ1) is 21.7. The first-order chi connectivity index (χ1) is 16.7. The van der Waals surface area contributed by atoms with Crippen molar-refractivity contribution in [1.82, 2.24) is 20.0 Å². The number of nitrogens with zero attached hydrogens (tertiary/aromatic N) is 5. The summed E-state index contributed by atoms with van der Waals surface area (Å²) in [4.78, 5) is 19.8. The van der Waals surface area contributed by atoms with Crippen molar-refractivity contribution in [3.8, 4) is 0 Å². The van der Waals surface area contributed by atoms with Crippen LogP contribution in [0.1, 0.15) is 23.7 Å². The number of para-hydroxylation sites is 1. The molecule has 34 heavy (non-hydrogen) atoms. The van der Waals surface area contributed by atoms with Crippen molar-refractivity contribution in [2.24, 2.45) is 0 Å². The number of anilines is 2. The second-order valence-corrected chi connectivity index (χ2v) is 8.83. The number of aromatic nitrogens is 4. The summed E-state index contributed by atoms with van der Waals surface area (Å²) < 4.78 is 2.79. The van der Waals surface area contributed by atoms with Gasteiger partial charge in [0.15, 0.2) is 5.13 Å². The summed E-state index contributed by atoms with van der Waals surface area (Å²) in [6, 6.07) is 26.0. The molecule has 0 atom stereocenters. The highest BCUT2D eigenvalue weighted by Crippen LogP contribution is 2.34. The average Bonchev–Trinajstić information content (AvgIpc) is 3.50. The molecule has 7 heteroatoms. The highest BCUT2D eigenvalue weighted by molar-refractivity contribution is 7.22. The maximum Gasteiger partial charge on any atom is 0.257 e. The van der Waals surface area contributed by atoms with Crippen LogP contribution in [-0.2, 0) is 17.8 Å². The van der Waals surface area contributed by atoms with Gasteiger partial charge in [-0.15, -0.1) is 5.10 Å². The van der Waals surface area contributed by atoms with Crippen LogP contribution in [0.25, 0.3) is 16.3 Å².